The molecule has 0 fully saturated rings. The highest BCUT2D eigenvalue weighted by Gasteiger charge is 2.36. The van der Waals surface area contributed by atoms with Crippen molar-refractivity contribution in [1.29, 1.82) is 0 Å². The smallest absolute Gasteiger partial charge is 0.251 e. The molecule has 1 atom stereocenters. The highest BCUT2D eigenvalue weighted by Crippen LogP contribution is 2.39. The monoisotopic (exact) mass is 404 g/mol. The lowest BCUT2D eigenvalue weighted by molar-refractivity contribution is -0.123. The third-order valence-corrected chi connectivity index (χ3v) is 5.25. The van der Waals surface area contributed by atoms with Crippen molar-refractivity contribution in [2.45, 2.75) is 25.8 Å². The third kappa shape index (κ3) is 3.06. The molecule has 1 unspecified atom stereocenters. The van der Waals surface area contributed by atoms with Crippen molar-refractivity contribution in [2.75, 3.05) is 17.4 Å². The Hall–Kier alpha value is -3.81. The Bertz CT molecular complexity index is 1140. The fraction of sp³-hybridized carbons (Fsp3) is 0.227. The summed E-state index contributed by atoms with van der Waals surface area (Å²) in [6.45, 7) is 2.19. The first kappa shape index (κ1) is 18.2. The van der Waals surface area contributed by atoms with Gasteiger partial charge in [0, 0.05) is 17.3 Å². The van der Waals surface area contributed by atoms with Crippen molar-refractivity contribution < 1.29 is 19.1 Å². The van der Waals surface area contributed by atoms with Crippen LogP contribution in [0.3, 0.4) is 0 Å². The average molecular weight is 404 g/mol. The van der Waals surface area contributed by atoms with Gasteiger partial charge in [-0.3, -0.25) is 9.59 Å². The van der Waals surface area contributed by atoms with Crippen LogP contribution in [0.2, 0.25) is 0 Å². The predicted molar refractivity (Wildman–Crippen MR) is 111 cm³/mol. The quantitative estimate of drug-likeness (QED) is 0.680. The summed E-state index contributed by atoms with van der Waals surface area (Å²) in [5, 5.41) is 10.4. The van der Waals surface area contributed by atoms with Crippen molar-refractivity contribution in [3.8, 4) is 22.6 Å². The van der Waals surface area contributed by atoms with Crippen LogP contribution in [-0.4, -0.2) is 28.4 Å². The lowest BCUT2D eigenvalue weighted by Gasteiger charge is -2.10. The minimum absolute atomic E-state index is 0.0215. The summed E-state index contributed by atoms with van der Waals surface area (Å²) in [5.41, 5.74) is 3.37. The molecule has 2 aromatic carbocycles. The summed E-state index contributed by atoms with van der Waals surface area (Å²) in [7, 11) is 0. The molecule has 30 heavy (non-hydrogen) atoms. The first-order valence-electron chi connectivity index (χ1n) is 9.81. The molecule has 0 bridgehead atoms. The van der Waals surface area contributed by atoms with E-state index in [2.05, 4.69) is 15.7 Å². The van der Waals surface area contributed by atoms with Crippen molar-refractivity contribution >= 4 is 23.3 Å². The maximum Gasteiger partial charge on any atom is 0.251 e. The van der Waals surface area contributed by atoms with Gasteiger partial charge in [0.25, 0.3) is 5.91 Å². The number of fused-ring (bicyclic) bond motifs is 2. The minimum atomic E-state index is -0.697. The maximum absolute atomic E-state index is 12.7. The standard InChI is InChI=1S/C22H20N4O4/c1-2-15-20(13-6-4-3-5-7-13)21-24-22(28)16(26(21)25-15)11-19(27)23-14-8-9-17-18(10-14)30-12-29-17/h3-10,16H,2,11-12H2,1H3,(H,23,27)(H,24,28). The molecule has 2 N–H and O–H groups in total. The first-order valence-corrected chi connectivity index (χ1v) is 9.81. The molecular formula is C22H20N4O4. The summed E-state index contributed by atoms with van der Waals surface area (Å²) in [6.07, 6.45) is 0.697. The van der Waals surface area contributed by atoms with E-state index >= 15 is 0 Å². The molecule has 8 heteroatoms. The van der Waals surface area contributed by atoms with Crippen LogP contribution in [0.1, 0.15) is 25.1 Å². The molecule has 3 heterocycles. The van der Waals surface area contributed by atoms with Gasteiger partial charge >= 0.3 is 0 Å². The van der Waals surface area contributed by atoms with Crippen LogP contribution < -0.4 is 20.1 Å². The summed E-state index contributed by atoms with van der Waals surface area (Å²) in [4.78, 5) is 25.3. The Kier molecular flexibility index (Phi) is 4.39. The number of hydrogen-bond donors (Lipinski definition) is 2. The number of nitrogens with zero attached hydrogens (tertiary/aromatic N) is 2. The van der Waals surface area contributed by atoms with Crippen LogP contribution in [0.25, 0.3) is 11.1 Å². The summed E-state index contributed by atoms with van der Waals surface area (Å²) >= 11 is 0. The second kappa shape index (κ2) is 7.22. The third-order valence-electron chi connectivity index (χ3n) is 5.25. The van der Waals surface area contributed by atoms with Gasteiger partial charge in [0.1, 0.15) is 11.9 Å². The van der Waals surface area contributed by atoms with Gasteiger partial charge in [0.05, 0.1) is 12.1 Å². The lowest BCUT2D eigenvalue weighted by Crippen LogP contribution is -2.23. The Balaban J connectivity index is 1.38. The Morgan fingerprint density at radius 1 is 1.20 bits per heavy atom. The van der Waals surface area contributed by atoms with E-state index in [0.717, 1.165) is 23.2 Å². The van der Waals surface area contributed by atoms with Crippen LogP contribution in [-0.2, 0) is 16.0 Å². The number of amides is 2. The van der Waals surface area contributed by atoms with Crippen LogP contribution in [0.4, 0.5) is 11.5 Å². The summed E-state index contributed by atoms with van der Waals surface area (Å²) in [6, 6.07) is 14.3. The van der Waals surface area contributed by atoms with Gasteiger partial charge in [-0.2, -0.15) is 5.10 Å². The molecule has 2 amide bonds. The van der Waals surface area contributed by atoms with E-state index in [1.54, 1.807) is 22.9 Å². The van der Waals surface area contributed by atoms with Gasteiger partial charge in [0.15, 0.2) is 11.5 Å². The second-order valence-electron chi connectivity index (χ2n) is 7.16. The van der Waals surface area contributed by atoms with Gasteiger partial charge in [0.2, 0.25) is 12.7 Å². The van der Waals surface area contributed by atoms with Gasteiger partial charge in [-0.1, -0.05) is 37.3 Å². The van der Waals surface area contributed by atoms with E-state index in [1.165, 1.54) is 0 Å². The molecule has 0 radical (unpaired) electrons. The van der Waals surface area contributed by atoms with Crippen molar-refractivity contribution in [2.24, 2.45) is 0 Å². The molecule has 5 rings (SSSR count). The van der Waals surface area contributed by atoms with E-state index < -0.39 is 6.04 Å². The number of rotatable bonds is 5. The number of anilines is 2. The normalized spacial score (nSPS) is 16.3. The molecule has 1 aromatic heterocycles. The number of carbonyl (C=O) groups is 2. The zero-order valence-corrected chi connectivity index (χ0v) is 16.3. The van der Waals surface area contributed by atoms with Crippen LogP contribution in [0.5, 0.6) is 11.5 Å². The van der Waals surface area contributed by atoms with Crippen LogP contribution in [0.15, 0.2) is 48.5 Å². The van der Waals surface area contributed by atoms with Crippen molar-refractivity contribution in [3.05, 3.63) is 54.2 Å². The van der Waals surface area contributed by atoms with E-state index in [0.29, 0.717) is 23.0 Å². The molecule has 0 saturated carbocycles. The lowest BCUT2D eigenvalue weighted by atomic mass is 10.0. The molecule has 0 spiro atoms. The predicted octanol–water partition coefficient (Wildman–Crippen LogP) is 3.36. The van der Waals surface area contributed by atoms with Crippen LogP contribution in [0, 0.1) is 0 Å². The summed E-state index contributed by atoms with van der Waals surface area (Å²) < 4.78 is 12.3. The Morgan fingerprint density at radius 3 is 2.80 bits per heavy atom. The Labute approximate surface area is 172 Å². The minimum Gasteiger partial charge on any atom is -0.454 e. The number of aryl methyl sites for hydroxylation is 1. The fourth-order valence-corrected chi connectivity index (χ4v) is 3.83. The van der Waals surface area contributed by atoms with E-state index in [4.69, 9.17) is 9.47 Å². The molecule has 2 aliphatic heterocycles. The van der Waals surface area contributed by atoms with Crippen molar-refractivity contribution in [1.82, 2.24) is 9.78 Å². The molecule has 3 aromatic rings. The number of aromatic nitrogens is 2. The van der Waals surface area contributed by atoms with E-state index in [-0.39, 0.29) is 25.0 Å². The van der Waals surface area contributed by atoms with E-state index in [1.807, 2.05) is 37.3 Å². The van der Waals surface area contributed by atoms with Gasteiger partial charge in [-0.15, -0.1) is 0 Å². The number of ether oxygens (including phenoxy) is 2. The molecule has 2 aliphatic rings. The molecular weight excluding hydrogens is 384 g/mol. The van der Waals surface area contributed by atoms with Gasteiger partial charge in [-0.05, 0) is 24.1 Å². The van der Waals surface area contributed by atoms with E-state index in [9.17, 15) is 9.59 Å². The van der Waals surface area contributed by atoms with Gasteiger partial charge < -0.3 is 20.1 Å². The second-order valence-corrected chi connectivity index (χ2v) is 7.16. The first-order chi connectivity index (χ1) is 14.6. The zero-order valence-electron chi connectivity index (χ0n) is 16.3. The highest BCUT2D eigenvalue weighted by molar-refractivity contribution is 6.04. The number of benzene rings is 2. The van der Waals surface area contributed by atoms with Gasteiger partial charge in [-0.25, -0.2) is 4.68 Å². The molecule has 8 nitrogen and oxygen atoms in total. The molecule has 0 aliphatic carbocycles. The average Bonchev–Trinajstić information content (AvgIpc) is 3.43. The summed E-state index contributed by atoms with van der Waals surface area (Å²) in [5.74, 6) is 1.35. The number of hydrogen-bond acceptors (Lipinski definition) is 5. The highest BCUT2D eigenvalue weighted by atomic mass is 16.7. The largest absolute Gasteiger partial charge is 0.454 e. The molecule has 152 valence electrons. The van der Waals surface area contributed by atoms with Crippen molar-refractivity contribution in [3.63, 3.8) is 0 Å². The molecule has 0 saturated heterocycles. The number of carbonyl (C=O) groups excluding carboxylic acids is 2. The van der Waals surface area contributed by atoms with Crippen LogP contribution >= 0.6 is 0 Å². The SMILES string of the molecule is CCc1nn2c(c1-c1ccccc1)NC(=O)C2CC(=O)Nc1ccc2c(c1)OCO2. The number of nitrogens with one attached hydrogen (secondary N) is 2. The Morgan fingerprint density at radius 2 is 2.00 bits per heavy atom. The zero-order chi connectivity index (χ0) is 20.7. The fourth-order valence-electron chi connectivity index (χ4n) is 3.83. The maximum atomic E-state index is 12.7. The topological polar surface area (TPSA) is 94.5 Å².